The summed E-state index contributed by atoms with van der Waals surface area (Å²) in [5.74, 6) is -0.709. The van der Waals surface area contributed by atoms with Crippen molar-refractivity contribution < 1.29 is 19.4 Å². The third-order valence-electron chi connectivity index (χ3n) is 3.75. The number of H-pyrrole nitrogens is 1. The lowest BCUT2D eigenvalue weighted by Gasteiger charge is -2.18. The number of hydrogen-bond acceptors (Lipinski definition) is 4. The van der Waals surface area contributed by atoms with E-state index in [0.29, 0.717) is 17.9 Å². The molecule has 1 amide bonds. The molecule has 0 fully saturated rings. The van der Waals surface area contributed by atoms with Gasteiger partial charge in [-0.25, -0.2) is 9.78 Å². The Morgan fingerprint density at radius 1 is 1.43 bits per heavy atom. The van der Waals surface area contributed by atoms with Crippen molar-refractivity contribution in [1.82, 2.24) is 15.3 Å². The number of carboxylic acid groups (broad SMARTS) is 1. The average molecular weight is 315 g/mol. The van der Waals surface area contributed by atoms with E-state index in [0.717, 1.165) is 24.2 Å². The molecule has 120 valence electrons. The standard InChI is InChI=1S/C16H17N3O4/c20-15(11-3-4-14-10(6-11)2-1-5-23-14)19-13(16(21)22)7-12-8-17-9-18-12/h3-4,6,8-9,13H,1-2,5,7H2,(H,17,18)(H,19,20)(H,21,22)/t13-/m0/s1. The second-order valence-corrected chi connectivity index (χ2v) is 5.42. The third kappa shape index (κ3) is 3.50. The van der Waals surface area contributed by atoms with E-state index in [-0.39, 0.29) is 6.42 Å². The summed E-state index contributed by atoms with van der Waals surface area (Å²) >= 11 is 0. The zero-order valence-electron chi connectivity index (χ0n) is 12.4. The Bertz CT molecular complexity index is 712. The Kier molecular flexibility index (Phi) is 4.27. The number of ether oxygens (including phenoxy) is 1. The first-order chi connectivity index (χ1) is 11.1. The van der Waals surface area contributed by atoms with Gasteiger partial charge in [-0.2, -0.15) is 0 Å². The number of aromatic amines is 1. The van der Waals surface area contributed by atoms with E-state index in [9.17, 15) is 14.7 Å². The highest BCUT2D eigenvalue weighted by Gasteiger charge is 2.22. The molecule has 0 saturated carbocycles. The van der Waals surface area contributed by atoms with Crippen molar-refractivity contribution in [2.75, 3.05) is 6.61 Å². The predicted octanol–water partition coefficient (Wildman–Crippen LogP) is 1.16. The molecule has 2 heterocycles. The first-order valence-electron chi connectivity index (χ1n) is 7.40. The maximum atomic E-state index is 12.3. The SMILES string of the molecule is O=C(N[C@@H](Cc1cnc[nH]1)C(=O)O)c1ccc2c(c1)CCCO2. The van der Waals surface area contributed by atoms with Crippen LogP contribution in [0.15, 0.2) is 30.7 Å². The maximum Gasteiger partial charge on any atom is 0.326 e. The van der Waals surface area contributed by atoms with Crippen molar-refractivity contribution in [1.29, 1.82) is 0 Å². The fraction of sp³-hybridized carbons (Fsp3) is 0.312. The van der Waals surface area contributed by atoms with E-state index in [1.165, 1.54) is 6.33 Å². The maximum absolute atomic E-state index is 12.3. The highest BCUT2D eigenvalue weighted by atomic mass is 16.5. The molecule has 1 aliphatic rings. The van der Waals surface area contributed by atoms with Crippen LogP contribution in [-0.4, -0.2) is 39.6 Å². The van der Waals surface area contributed by atoms with Crippen molar-refractivity contribution in [3.05, 3.63) is 47.5 Å². The minimum Gasteiger partial charge on any atom is -0.493 e. The molecule has 0 aliphatic carbocycles. The summed E-state index contributed by atoms with van der Waals surface area (Å²) < 4.78 is 5.51. The van der Waals surface area contributed by atoms with Crippen molar-refractivity contribution >= 4 is 11.9 Å². The lowest BCUT2D eigenvalue weighted by Crippen LogP contribution is -2.42. The smallest absolute Gasteiger partial charge is 0.326 e. The van der Waals surface area contributed by atoms with Gasteiger partial charge in [0.1, 0.15) is 11.8 Å². The molecule has 1 atom stereocenters. The quantitative estimate of drug-likeness (QED) is 0.768. The van der Waals surface area contributed by atoms with E-state index >= 15 is 0 Å². The third-order valence-corrected chi connectivity index (χ3v) is 3.75. The second-order valence-electron chi connectivity index (χ2n) is 5.42. The number of nitrogens with one attached hydrogen (secondary N) is 2. The molecule has 0 saturated heterocycles. The summed E-state index contributed by atoms with van der Waals surface area (Å²) in [6.07, 6.45) is 4.93. The zero-order valence-corrected chi connectivity index (χ0v) is 12.4. The summed E-state index contributed by atoms with van der Waals surface area (Å²) in [5.41, 5.74) is 2.06. The lowest BCUT2D eigenvalue weighted by molar-refractivity contribution is -0.139. The molecule has 0 unspecified atom stereocenters. The normalized spacial score (nSPS) is 14.4. The number of hydrogen-bond donors (Lipinski definition) is 3. The number of benzene rings is 1. The number of aryl methyl sites for hydroxylation is 1. The molecule has 0 spiro atoms. The van der Waals surface area contributed by atoms with Crippen LogP contribution in [0.25, 0.3) is 0 Å². The Labute approximate surface area is 132 Å². The molecule has 3 rings (SSSR count). The molecule has 7 heteroatoms. The number of imidazole rings is 1. The van der Waals surface area contributed by atoms with Gasteiger partial charge in [-0.15, -0.1) is 0 Å². The fourth-order valence-electron chi connectivity index (χ4n) is 2.56. The molecular weight excluding hydrogens is 298 g/mol. The zero-order chi connectivity index (χ0) is 16.2. The molecule has 1 aromatic heterocycles. The van der Waals surface area contributed by atoms with Gasteiger partial charge in [0.2, 0.25) is 0 Å². The number of rotatable bonds is 5. The van der Waals surface area contributed by atoms with Gasteiger partial charge in [0.15, 0.2) is 0 Å². The Morgan fingerprint density at radius 3 is 3.04 bits per heavy atom. The minimum atomic E-state index is -1.09. The van der Waals surface area contributed by atoms with Crippen LogP contribution in [0.2, 0.25) is 0 Å². The van der Waals surface area contributed by atoms with Crippen molar-refractivity contribution in [3.8, 4) is 5.75 Å². The highest BCUT2D eigenvalue weighted by Crippen LogP contribution is 2.25. The number of nitrogens with zero attached hydrogens (tertiary/aromatic N) is 1. The Balaban J connectivity index is 1.72. The van der Waals surface area contributed by atoms with Crippen LogP contribution in [0.4, 0.5) is 0 Å². The molecule has 2 aromatic rings. The number of amides is 1. The van der Waals surface area contributed by atoms with Gasteiger partial charge in [-0.3, -0.25) is 4.79 Å². The van der Waals surface area contributed by atoms with Crippen molar-refractivity contribution in [3.63, 3.8) is 0 Å². The number of carboxylic acids is 1. The molecule has 1 aliphatic heterocycles. The lowest BCUT2D eigenvalue weighted by atomic mass is 10.0. The summed E-state index contributed by atoms with van der Waals surface area (Å²) in [6, 6.07) is 4.15. The summed E-state index contributed by atoms with van der Waals surface area (Å²) in [4.78, 5) is 30.4. The fourth-order valence-corrected chi connectivity index (χ4v) is 2.56. The predicted molar refractivity (Wildman–Crippen MR) is 81.4 cm³/mol. The van der Waals surface area contributed by atoms with Crippen LogP contribution in [-0.2, 0) is 17.6 Å². The number of aliphatic carboxylic acids is 1. The van der Waals surface area contributed by atoms with Gasteiger partial charge in [-0.05, 0) is 36.6 Å². The number of carbonyl (C=O) groups excluding carboxylic acids is 1. The van der Waals surface area contributed by atoms with Crippen LogP contribution < -0.4 is 10.1 Å². The molecule has 1 aromatic carbocycles. The monoisotopic (exact) mass is 315 g/mol. The van der Waals surface area contributed by atoms with Gasteiger partial charge in [0.25, 0.3) is 5.91 Å². The molecular formula is C16H17N3O4. The van der Waals surface area contributed by atoms with Gasteiger partial charge >= 0.3 is 5.97 Å². The van der Waals surface area contributed by atoms with E-state index in [2.05, 4.69) is 15.3 Å². The molecule has 3 N–H and O–H groups in total. The van der Waals surface area contributed by atoms with E-state index < -0.39 is 17.9 Å². The average Bonchev–Trinajstić information content (AvgIpc) is 3.06. The first-order valence-corrected chi connectivity index (χ1v) is 7.40. The van der Waals surface area contributed by atoms with Crippen LogP contribution in [0, 0.1) is 0 Å². The molecule has 0 radical (unpaired) electrons. The summed E-state index contributed by atoms with van der Waals surface area (Å²) in [6.45, 7) is 0.684. The number of aromatic nitrogens is 2. The Morgan fingerprint density at radius 2 is 2.30 bits per heavy atom. The summed E-state index contributed by atoms with van der Waals surface area (Å²) in [5, 5.41) is 11.8. The van der Waals surface area contributed by atoms with E-state index in [1.54, 1.807) is 24.4 Å². The van der Waals surface area contributed by atoms with Gasteiger partial charge in [0.05, 0.1) is 12.9 Å². The van der Waals surface area contributed by atoms with Gasteiger partial charge in [0, 0.05) is 23.9 Å². The summed E-state index contributed by atoms with van der Waals surface area (Å²) in [7, 11) is 0. The second kappa shape index (κ2) is 6.51. The van der Waals surface area contributed by atoms with Crippen LogP contribution >= 0.6 is 0 Å². The minimum absolute atomic E-state index is 0.148. The number of carbonyl (C=O) groups is 2. The van der Waals surface area contributed by atoms with E-state index in [1.807, 2.05) is 0 Å². The molecule has 0 bridgehead atoms. The Hall–Kier alpha value is -2.83. The van der Waals surface area contributed by atoms with Crippen LogP contribution in [0.1, 0.15) is 28.0 Å². The largest absolute Gasteiger partial charge is 0.493 e. The van der Waals surface area contributed by atoms with Crippen LogP contribution in [0.5, 0.6) is 5.75 Å². The first kappa shape index (κ1) is 15.1. The highest BCUT2D eigenvalue weighted by molar-refractivity contribution is 5.97. The van der Waals surface area contributed by atoms with Gasteiger partial charge < -0.3 is 20.1 Å². The van der Waals surface area contributed by atoms with Gasteiger partial charge in [-0.1, -0.05) is 0 Å². The topological polar surface area (TPSA) is 104 Å². The molecule has 7 nitrogen and oxygen atoms in total. The van der Waals surface area contributed by atoms with Crippen molar-refractivity contribution in [2.24, 2.45) is 0 Å². The van der Waals surface area contributed by atoms with Crippen molar-refractivity contribution in [2.45, 2.75) is 25.3 Å². The van der Waals surface area contributed by atoms with E-state index in [4.69, 9.17) is 4.74 Å². The molecule has 23 heavy (non-hydrogen) atoms. The van der Waals surface area contributed by atoms with Crippen LogP contribution in [0.3, 0.4) is 0 Å². The number of fused-ring (bicyclic) bond motifs is 1.